The van der Waals surface area contributed by atoms with Crippen LogP contribution < -0.4 is 10.6 Å². The minimum absolute atomic E-state index is 0.594. The third-order valence-electron chi connectivity index (χ3n) is 5.51. The molecule has 3 aliphatic rings. The molecule has 5 nitrogen and oxygen atoms in total. The molecule has 2 heterocycles. The summed E-state index contributed by atoms with van der Waals surface area (Å²) in [6.07, 6.45) is 8.02. The molecule has 2 aliphatic heterocycles. The van der Waals surface area contributed by atoms with Crippen molar-refractivity contribution in [2.24, 2.45) is 10.9 Å². The van der Waals surface area contributed by atoms with Crippen LogP contribution in [-0.4, -0.2) is 74.2 Å². The maximum Gasteiger partial charge on any atom is 0.191 e. The lowest BCUT2D eigenvalue weighted by molar-refractivity contribution is 0.197. The molecule has 0 aromatic carbocycles. The van der Waals surface area contributed by atoms with E-state index in [2.05, 4.69) is 34.4 Å². The van der Waals surface area contributed by atoms with E-state index in [1.807, 2.05) is 0 Å². The van der Waals surface area contributed by atoms with Gasteiger partial charge in [0.25, 0.3) is 0 Å². The van der Waals surface area contributed by atoms with Crippen LogP contribution in [0.25, 0.3) is 0 Å². The maximum absolute atomic E-state index is 4.89. The minimum Gasteiger partial charge on any atom is -0.357 e. The molecule has 23 heavy (non-hydrogen) atoms. The van der Waals surface area contributed by atoms with Gasteiger partial charge in [-0.2, -0.15) is 0 Å². The number of hydrogen-bond donors (Lipinski definition) is 2. The number of piperidine rings is 2. The first-order valence-corrected chi connectivity index (χ1v) is 9.72. The minimum atomic E-state index is 0.594. The molecule has 0 aromatic heterocycles. The van der Waals surface area contributed by atoms with Gasteiger partial charge in [-0.05, 0) is 65.0 Å². The molecule has 2 N–H and O–H groups in total. The van der Waals surface area contributed by atoms with Gasteiger partial charge in [-0.15, -0.1) is 0 Å². The summed E-state index contributed by atoms with van der Waals surface area (Å²) in [5, 5.41) is 7.12. The van der Waals surface area contributed by atoms with Crippen LogP contribution in [-0.2, 0) is 0 Å². The van der Waals surface area contributed by atoms with Gasteiger partial charge in [0, 0.05) is 44.8 Å². The van der Waals surface area contributed by atoms with Crippen molar-refractivity contribution in [1.29, 1.82) is 0 Å². The van der Waals surface area contributed by atoms with Crippen LogP contribution in [0.2, 0.25) is 0 Å². The number of guanidine groups is 1. The summed E-state index contributed by atoms with van der Waals surface area (Å²) in [4.78, 5) is 10.0. The molecule has 1 aliphatic carbocycles. The van der Waals surface area contributed by atoms with E-state index in [1.54, 1.807) is 0 Å². The molecule has 0 radical (unpaired) electrons. The second-order valence-corrected chi connectivity index (χ2v) is 7.68. The summed E-state index contributed by atoms with van der Waals surface area (Å²) in [7, 11) is 2.23. The highest BCUT2D eigenvalue weighted by Gasteiger charge is 2.31. The Kier molecular flexibility index (Phi) is 6.17. The summed E-state index contributed by atoms with van der Waals surface area (Å²) in [5.74, 6) is 1.76. The maximum atomic E-state index is 4.89. The van der Waals surface area contributed by atoms with E-state index in [0.717, 1.165) is 31.0 Å². The van der Waals surface area contributed by atoms with E-state index in [9.17, 15) is 0 Å². The fourth-order valence-electron chi connectivity index (χ4n) is 4.00. The third kappa shape index (κ3) is 5.35. The van der Waals surface area contributed by atoms with Crippen molar-refractivity contribution in [3.05, 3.63) is 0 Å². The highest BCUT2D eigenvalue weighted by molar-refractivity contribution is 5.80. The van der Waals surface area contributed by atoms with Crippen molar-refractivity contribution in [3.8, 4) is 0 Å². The summed E-state index contributed by atoms with van der Waals surface area (Å²) in [5.41, 5.74) is 0. The van der Waals surface area contributed by atoms with Crippen molar-refractivity contribution in [2.75, 3.05) is 46.3 Å². The van der Waals surface area contributed by atoms with E-state index in [4.69, 9.17) is 4.99 Å². The molecule has 0 aromatic rings. The van der Waals surface area contributed by atoms with Crippen molar-refractivity contribution in [2.45, 2.75) is 57.5 Å². The van der Waals surface area contributed by atoms with E-state index in [1.165, 1.54) is 64.7 Å². The molecule has 0 amide bonds. The number of nitrogens with one attached hydrogen (secondary N) is 2. The molecule has 1 unspecified atom stereocenters. The highest BCUT2D eigenvalue weighted by Crippen LogP contribution is 2.29. The Morgan fingerprint density at radius 2 is 1.87 bits per heavy atom. The van der Waals surface area contributed by atoms with Crippen LogP contribution in [0.1, 0.15) is 45.4 Å². The molecule has 1 atom stereocenters. The Balaban J connectivity index is 1.44. The first-order valence-electron chi connectivity index (χ1n) is 9.72. The van der Waals surface area contributed by atoms with E-state index < -0.39 is 0 Å². The van der Waals surface area contributed by atoms with Gasteiger partial charge in [0.15, 0.2) is 5.96 Å². The average molecular weight is 322 g/mol. The normalized spacial score (nSPS) is 28.8. The van der Waals surface area contributed by atoms with E-state index >= 15 is 0 Å². The van der Waals surface area contributed by atoms with Gasteiger partial charge in [-0.3, -0.25) is 4.99 Å². The van der Waals surface area contributed by atoms with Gasteiger partial charge in [0.05, 0.1) is 0 Å². The number of likely N-dealkylation sites (tertiary alicyclic amines) is 2. The molecular formula is C18H35N5. The lowest BCUT2D eigenvalue weighted by Gasteiger charge is -2.33. The second kappa shape index (κ2) is 8.34. The Labute approximate surface area is 141 Å². The lowest BCUT2D eigenvalue weighted by atomic mass is 9.99. The standard InChI is InChI=1S/C18H35N5/c1-3-19-18(20-13-15-5-4-10-22(2)14-15)21-16-8-11-23(12-9-16)17-6-7-17/h15-17H,3-14H2,1-2H3,(H2,19,20,21). The van der Waals surface area contributed by atoms with E-state index in [0.29, 0.717) is 6.04 Å². The van der Waals surface area contributed by atoms with Crippen molar-refractivity contribution in [1.82, 2.24) is 20.4 Å². The molecule has 0 bridgehead atoms. The molecule has 3 rings (SSSR count). The van der Waals surface area contributed by atoms with Gasteiger partial charge in [0.1, 0.15) is 0 Å². The molecular weight excluding hydrogens is 286 g/mol. The van der Waals surface area contributed by atoms with Crippen LogP contribution in [0.5, 0.6) is 0 Å². The predicted molar refractivity (Wildman–Crippen MR) is 97.0 cm³/mol. The van der Waals surface area contributed by atoms with E-state index in [-0.39, 0.29) is 0 Å². The van der Waals surface area contributed by atoms with Crippen LogP contribution >= 0.6 is 0 Å². The molecule has 0 spiro atoms. The summed E-state index contributed by atoms with van der Waals surface area (Å²) < 4.78 is 0. The van der Waals surface area contributed by atoms with Gasteiger partial charge >= 0.3 is 0 Å². The molecule has 1 saturated carbocycles. The molecule has 132 valence electrons. The second-order valence-electron chi connectivity index (χ2n) is 7.68. The zero-order valence-electron chi connectivity index (χ0n) is 15.1. The Morgan fingerprint density at radius 1 is 1.09 bits per heavy atom. The molecule has 3 fully saturated rings. The zero-order chi connectivity index (χ0) is 16.1. The Bertz CT molecular complexity index is 385. The number of hydrogen-bond acceptors (Lipinski definition) is 3. The van der Waals surface area contributed by atoms with Crippen LogP contribution in [0.4, 0.5) is 0 Å². The number of nitrogens with zero attached hydrogens (tertiary/aromatic N) is 3. The van der Waals surface area contributed by atoms with Crippen molar-refractivity contribution in [3.63, 3.8) is 0 Å². The van der Waals surface area contributed by atoms with Gasteiger partial charge in [0.2, 0.25) is 0 Å². The quantitative estimate of drug-likeness (QED) is 0.595. The third-order valence-corrected chi connectivity index (χ3v) is 5.51. The SMILES string of the molecule is CCNC(=NCC1CCCN(C)C1)NC1CCN(C2CC2)CC1. The number of rotatable bonds is 5. The lowest BCUT2D eigenvalue weighted by Crippen LogP contribution is -2.49. The predicted octanol–water partition coefficient (Wildman–Crippen LogP) is 1.51. The fourth-order valence-corrected chi connectivity index (χ4v) is 4.00. The van der Waals surface area contributed by atoms with Crippen LogP contribution in [0.15, 0.2) is 4.99 Å². The van der Waals surface area contributed by atoms with Gasteiger partial charge < -0.3 is 20.4 Å². The average Bonchev–Trinajstić information content (AvgIpc) is 3.39. The van der Waals surface area contributed by atoms with Crippen LogP contribution in [0.3, 0.4) is 0 Å². The van der Waals surface area contributed by atoms with Crippen LogP contribution in [0, 0.1) is 5.92 Å². The first kappa shape index (κ1) is 17.0. The Morgan fingerprint density at radius 3 is 2.52 bits per heavy atom. The van der Waals surface area contributed by atoms with Crippen molar-refractivity contribution >= 4 is 5.96 Å². The zero-order valence-corrected chi connectivity index (χ0v) is 15.1. The summed E-state index contributed by atoms with van der Waals surface area (Å²) in [6.45, 7) is 9.02. The largest absolute Gasteiger partial charge is 0.357 e. The highest BCUT2D eigenvalue weighted by atomic mass is 15.2. The monoisotopic (exact) mass is 321 g/mol. The van der Waals surface area contributed by atoms with Gasteiger partial charge in [-0.25, -0.2) is 0 Å². The molecule has 2 saturated heterocycles. The van der Waals surface area contributed by atoms with Crippen molar-refractivity contribution < 1.29 is 0 Å². The Hall–Kier alpha value is -0.810. The van der Waals surface area contributed by atoms with Gasteiger partial charge in [-0.1, -0.05) is 0 Å². The topological polar surface area (TPSA) is 42.9 Å². The fraction of sp³-hybridized carbons (Fsp3) is 0.944. The smallest absolute Gasteiger partial charge is 0.191 e. The number of aliphatic imine (C=N–C) groups is 1. The molecule has 5 heteroatoms. The first-order chi connectivity index (χ1) is 11.2. The summed E-state index contributed by atoms with van der Waals surface area (Å²) in [6, 6.07) is 1.51. The summed E-state index contributed by atoms with van der Waals surface area (Å²) >= 11 is 0.